The lowest BCUT2D eigenvalue weighted by molar-refractivity contribution is 0.597. The molecule has 0 fully saturated rings. The van der Waals surface area contributed by atoms with E-state index in [1.54, 1.807) is 28.8 Å². The maximum Gasteiger partial charge on any atom is 0.191 e. The Kier molecular flexibility index (Phi) is 5.42. The number of sulfone groups is 1. The number of benzene rings is 1. The number of hydrogen-bond acceptors (Lipinski definition) is 6. The van der Waals surface area contributed by atoms with Crippen LogP contribution in [0.4, 0.5) is 0 Å². The Morgan fingerprint density at radius 2 is 1.95 bits per heavy atom. The molecule has 0 aliphatic carbocycles. The lowest BCUT2D eigenvalue weighted by Crippen LogP contribution is -2.09. The fraction of sp³-hybridized carbons (Fsp3) is 0.333. The average Bonchev–Trinajstić information content (AvgIpc) is 2.80. The first kappa shape index (κ1) is 16.5. The highest BCUT2D eigenvalue weighted by Gasteiger charge is 2.15. The smallest absolute Gasteiger partial charge is 0.191 e. The van der Waals surface area contributed by atoms with E-state index in [0.29, 0.717) is 28.2 Å². The lowest BCUT2D eigenvalue weighted by atomic mass is 10.4. The molecule has 1 aromatic heterocycles. The van der Waals surface area contributed by atoms with Gasteiger partial charge < -0.3 is 10.3 Å². The third kappa shape index (κ3) is 4.06. The summed E-state index contributed by atoms with van der Waals surface area (Å²) in [7, 11) is -1.47. The van der Waals surface area contributed by atoms with Crippen molar-refractivity contribution >= 4 is 37.5 Å². The number of hydrogen-bond donors (Lipinski definition) is 1. The van der Waals surface area contributed by atoms with Gasteiger partial charge in [-0.15, -0.1) is 10.2 Å². The Morgan fingerprint density at radius 1 is 1.29 bits per heavy atom. The van der Waals surface area contributed by atoms with Gasteiger partial charge in [0.15, 0.2) is 15.0 Å². The van der Waals surface area contributed by atoms with Gasteiger partial charge in [-0.2, -0.15) is 0 Å². The Balaban J connectivity index is 1.99. The topological polar surface area (TPSA) is 90.9 Å². The number of rotatable bonds is 6. The highest BCUT2D eigenvalue weighted by atomic mass is 79.9. The number of halogens is 1. The van der Waals surface area contributed by atoms with Gasteiger partial charge in [0.25, 0.3) is 0 Å². The number of nitrogens with two attached hydrogens (primary N) is 1. The summed E-state index contributed by atoms with van der Waals surface area (Å²) in [6.45, 7) is 0.307. The minimum absolute atomic E-state index is 0.0458. The van der Waals surface area contributed by atoms with Crippen LogP contribution in [-0.2, 0) is 23.4 Å². The molecule has 0 saturated carbocycles. The normalized spacial score (nSPS) is 11.8. The first-order chi connectivity index (χ1) is 9.94. The van der Waals surface area contributed by atoms with Gasteiger partial charge in [0.1, 0.15) is 5.82 Å². The summed E-state index contributed by atoms with van der Waals surface area (Å²) in [5.41, 5.74) is 5.52. The first-order valence-corrected chi connectivity index (χ1v) is 9.56. The lowest BCUT2D eigenvalue weighted by Gasteiger charge is -2.05. The van der Waals surface area contributed by atoms with Gasteiger partial charge in [0, 0.05) is 17.3 Å². The maximum absolute atomic E-state index is 12.2. The third-order valence-corrected chi connectivity index (χ3v) is 6.40. The summed E-state index contributed by atoms with van der Waals surface area (Å²) in [4.78, 5) is 0.326. The molecule has 0 saturated heterocycles. The van der Waals surface area contributed by atoms with Gasteiger partial charge in [-0.05, 0) is 24.3 Å². The molecule has 2 rings (SSSR count). The van der Waals surface area contributed by atoms with Crippen LogP contribution in [0.5, 0.6) is 0 Å². The Labute approximate surface area is 136 Å². The molecule has 0 spiro atoms. The third-order valence-electron chi connectivity index (χ3n) is 2.86. The molecule has 0 radical (unpaired) electrons. The van der Waals surface area contributed by atoms with Crippen molar-refractivity contribution in [2.45, 2.75) is 16.6 Å². The fourth-order valence-electron chi connectivity index (χ4n) is 1.65. The van der Waals surface area contributed by atoms with Crippen molar-refractivity contribution in [3.63, 3.8) is 0 Å². The largest absolute Gasteiger partial charge is 0.324 e. The summed E-state index contributed by atoms with van der Waals surface area (Å²) in [6.07, 6.45) is 0. The van der Waals surface area contributed by atoms with Crippen LogP contribution in [0.1, 0.15) is 5.82 Å². The van der Waals surface area contributed by atoms with Gasteiger partial charge in [-0.3, -0.25) is 0 Å². The molecule has 9 heteroatoms. The van der Waals surface area contributed by atoms with E-state index in [1.807, 2.05) is 7.05 Å². The second-order valence-electron chi connectivity index (χ2n) is 4.28. The number of thioether (sulfide) groups is 1. The molecule has 6 nitrogen and oxygen atoms in total. The van der Waals surface area contributed by atoms with E-state index in [0.717, 1.165) is 4.47 Å². The zero-order chi connectivity index (χ0) is 15.5. The molecule has 0 amide bonds. The van der Waals surface area contributed by atoms with Crippen LogP contribution < -0.4 is 5.73 Å². The summed E-state index contributed by atoms with van der Waals surface area (Å²) < 4.78 is 27.0. The summed E-state index contributed by atoms with van der Waals surface area (Å²) >= 11 is 4.64. The molecule has 1 aromatic carbocycles. The molecule has 0 unspecified atom stereocenters. The second-order valence-corrected chi connectivity index (χ2v) is 8.37. The van der Waals surface area contributed by atoms with Crippen molar-refractivity contribution < 1.29 is 8.42 Å². The highest BCUT2D eigenvalue weighted by Crippen LogP contribution is 2.20. The van der Waals surface area contributed by atoms with E-state index < -0.39 is 9.84 Å². The van der Waals surface area contributed by atoms with Crippen molar-refractivity contribution in [1.29, 1.82) is 0 Å². The monoisotopic (exact) mass is 390 g/mol. The van der Waals surface area contributed by atoms with Crippen molar-refractivity contribution in [2.75, 3.05) is 11.5 Å². The zero-order valence-electron chi connectivity index (χ0n) is 11.4. The molecule has 1 heterocycles. The maximum atomic E-state index is 12.2. The average molecular weight is 391 g/mol. The van der Waals surface area contributed by atoms with Crippen LogP contribution in [0.2, 0.25) is 0 Å². The number of aromatic nitrogens is 3. The van der Waals surface area contributed by atoms with E-state index >= 15 is 0 Å². The van der Waals surface area contributed by atoms with Crippen LogP contribution in [0.25, 0.3) is 0 Å². The van der Waals surface area contributed by atoms with Gasteiger partial charge >= 0.3 is 0 Å². The van der Waals surface area contributed by atoms with Gasteiger partial charge in [-0.1, -0.05) is 27.7 Å². The minimum atomic E-state index is -3.28. The standard InChI is InChI=1S/C12H15BrN4O2S2/c1-17-11(8-14)15-16-12(17)20-6-7-21(18,19)10-4-2-9(13)3-5-10/h2-5H,6-8,14H2,1H3. The molecule has 21 heavy (non-hydrogen) atoms. The summed E-state index contributed by atoms with van der Waals surface area (Å²) in [6, 6.07) is 6.63. The SMILES string of the molecule is Cn1c(CN)nnc1SCCS(=O)(=O)c1ccc(Br)cc1. The van der Waals surface area contributed by atoms with Crippen molar-refractivity contribution in [2.24, 2.45) is 12.8 Å². The van der Waals surface area contributed by atoms with Crippen LogP contribution in [0, 0.1) is 0 Å². The Morgan fingerprint density at radius 3 is 2.52 bits per heavy atom. The molecular weight excluding hydrogens is 376 g/mol. The zero-order valence-corrected chi connectivity index (χ0v) is 14.6. The van der Waals surface area contributed by atoms with Gasteiger partial charge in [-0.25, -0.2) is 8.42 Å². The predicted octanol–water partition coefficient (Wildman–Crippen LogP) is 1.60. The fourth-order valence-corrected chi connectivity index (χ4v) is 4.49. The van der Waals surface area contributed by atoms with E-state index in [9.17, 15) is 8.42 Å². The summed E-state index contributed by atoms with van der Waals surface area (Å²) in [5.74, 6) is 1.13. The quantitative estimate of drug-likeness (QED) is 0.753. The van der Waals surface area contributed by atoms with Crippen LogP contribution in [-0.4, -0.2) is 34.7 Å². The van der Waals surface area contributed by atoms with E-state index in [1.165, 1.54) is 11.8 Å². The van der Waals surface area contributed by atoms with E-state index in [-0.39, 0.29) is 5.75 Å². The minimum Gasteiger partial charge on any atom is -0.324 e. The first-order valence-electron chi connectivity index (χ1n) is 6.13. The van der Waals surface area contributed by atoms with E-state index in [4.69, 9.17) is 5.73 Å². The summed E-state index contributed by atoms with van der Waals surface area (Å²) in [5, 5.41) is 8.58. The molecule has 0 aliphatic rings. The van der Waals surface area contributed by atoms with Crippen LogP contribution in [0.15, 0.2) is 38.8 Å². The van der Waals surface area contributed by atoms with Crippen LogP contribution in [0.3, 0.4) is 0 Å². The Hall–Kier alpha value is -0.900. The van der Waals surface area contributed by atoms with Gasteiger partial charge in [0.2, 0.25) is 0 Å². The van der Waals surface area contributed by atoms with Crippen molar-refractivity contribution in [1.82, 2.24) is 14.8 Å². The predicted molar refractivity (Wildman–Crippen MR) is 85.8 cm³/mol. The van der Waals surface area contributed by atoms with Gasteiger partial charge in [0.05, 0.1) is 17.2 Å². The highest BCUT2D eigenvalue weighted by molar-refractivity contribution is 9.10. The molecule has 0 aliphatic heterocycles. The molecule has 0 atom stereocenters. The number of nitrogens with zero attached hydrogens (tertiary/aromatic N) is 3. The Bertz CT molecular complexity index is 713. The van der Waals surface area contributed by atoms with Crippen LogP contribution >= 0.6 is 27.7 Å². The molecule has 0 bridgehead atoms. The second kappa shape index (κ2) is 6.91. The van der Waals surface area contributed by atoms with Crippen molar-refractivity contribution in [3.8, 4) is 0 Å². The molecule has 2 aromatic rings. The molecular formula is C12H15BrN4O2S2. The van der Waals surface area contributed by atoms with Crippen molar-refractivity contribution in [3.05, 3.63) is 34.6 Å². The molecule has 114 valence electrons. The molecule has 2 N–H and O–H groups in total. The van der Waals surface area contributed by atoms with E-state index in [2.05, 4.69) is 26.1 Å².